The van der Waals surface area contributed by atoms with E-state index in [0.29, 0.717) is 16.7 Å². The Morgan fingerprint density at radius 2 is 1.86 bits per heavy atom. The van der Waals surface area contributed by atoms with Crippen molar-refractivity contribution in [2.75, 3.05) is 0 Å². The van der Waals surface area contributed by atoms with Gasteiger partial charge in [-0.05, 0) is 68.1 Å². The number of pyridine rings is 1. The van der Waals surface area contributed by atoms with E-state index < -0.39 is 0 Å². The summed E-state index contributed by atoms with van der Waals surface area (Å²) in [6, 6.07) is 7.20. The maximum absolute atomic E-state index is 12.5. The molecule has 4 heteroatoms. The lowest BCUT2D eigenvalue weighted by Crippen LogP contribution is -2.29. The van der Waals surface area contributed by atoms with E-state index in [-0.39, 0.29) is 17.7 Å². The zero-order valence-electron chi connectivity index (χ0n) is 13.5. The average molecular weight is 298 g/mol. The van der Waals surface area contributed by atoms with Crippen LogP contribution in [0.3, 0.4) is 0 Å². The third kappa shape index (κ3) is 3.45. The van der Waals surface area contributed by atoms with Crippen LogP contribution in [0.25, 0.3) is 0 Å². The summed E-state index contributed by atoms with van der Waals surface area (Å²) in [7, 11) is 0. The predicted molar refractivity (Wildman–Crippen MR) is 87.1 cm³/mol. The van der Waals surface area contributed by atoms with Gasteiger partial charge in [-0.3, -0.25) is 9.78 Å². The zero-order valence-corrected chi connectivity index (χ0v) is 13.5. The lowest BCUT2D eigenvalue weighted by atomic mass is 10.0. The van der Waals surface area contributed by atoms with Crippen LogP contribution in [-0.4, -0.2) is 16.0 Å². The molecule has 1 aromatic heterocycles. The molecule has 2 N–H and O–H groups in total. The number of phenolic OH excluding ortho intramolecular Hbond substituents is 1. The molecule has 0 aliphatic heterocycles. The highest BCUT2D eigenvalue weighted by atomic mass is 16.3. The zero-order chi connectivity index (χ0) is 16.3. The van der Waals surface area contributed by atoms with Crippen LogP contribution >= 0.6 is 0 Å². The third-order valence-corrected chi connectivity index (χ3v) is 3.76. The van der Waals surface area contributed by atoms with Crippen LogP contribution in [0.4, 0.5) is 0 Å². The Kier molecular flexibility index (Phi) is 4.81. The van der Waals surface area contributed by atoms with E-state index in [2.05, 4.69) is 10.3 Å². The van der Waals surface area contributed by atoms with Crippen LogP contribution in [0.2, 0.25) is 0 Å². The molecule has 22 heavy (non-hydrogen) atoms. The minimum atomic E-state index is -0.152. The second-order valence-corrected chi connectivity index (χ2v) is 5.65. The molecule has 4 nitrogen and oxygen atoms in total. The Balaban J connectivity index is 2.23. The van der Waals surface area contributed by atoms with Crippen LogP contribution in [0, 0.1) is 20.8 Å². The van der Waals surface area contributed by atoms with Gasteiger partial charge in [0.2, 0.25) is 0 Å². The number of nitrogens with one attached hydrogen (secondary N) is 1. The maximum Gasteiger partial charge on any atom is 0.251 e. The van der Waals surface area contributed by atoms with Gasteiger partial charge in [-0.2, -0.15) is 0 Å². The molecule has 0 unspecified atom stereocenters. The topological polar surface area (TPSA) is 62.2 Å². The van der Waals surface area contributed by atoms with Crippen molar-refractivity contribution < 1.29 is 9.90 Å². The van der Waals surface area contributed by atoms with Crippen molar-refractivity contribution in [3.8, 4) is 5.75 Å². The van der Waals surface area contributed by atoms with Gasteiger partial charge in [0, 0.05) is 11.8 Å². The molecule has 1 heterocycles. The second-order valence-electron chi connectivity index (χ2n) is 5.65. The molecule has 1 aromatic carbocycles. The number of carbonyl (C=O) groups excluding carboxylic acids is 1. The highest BCUT2D eigenvalue weighted by Crippen LogP contribution is 2.23. The fourth-order valence-corrected chi connectivity index (χ4v) is 2.46. The molecule has 0 aliphatic rings. The molecule has 0 aliphatic carbocycles. The summed E-state index contributed by atoms with van der Waals surface area (Å²) in [5.74, 6) is 0.0882. The number of carbonyl (C=O) groups is 1. The molecule has 2 aromatic rings. The molecular weight excluding hydrogens is 276 g/mol. The number of aromatic hydroxyl groups is 1. The lowest BCUT2D eigenvalue weighted by molar-refractivity contribution is 0.0934. The number of hydrogen-bond acceptors (Lipinski definition) is 3. The first-order valence-electron chi connectivity index (χ1n) is 7.46. The molecule has 0 bridgehead atoms. The lowest BCUT2D eigenvalue weighted by Gasteiger charge is -2.17. The Bertz CT molecular complexity index is 672. The summed E-state index contributed by atoms with van der Waals surface area (Å²) in [6.45, 7) is 7.60. The fourth-order valence-electron chi connectivity index (χ4n) is 2.46. The van der Waals surface area contributed by atoms with Crippen molar-refractivity contribution in [2.24, 2.45) is 0 Å². The number of phenols is 1. The minimum Gasteiger partial charge on any atom is -0.507 e. The van der Waals surface area contributed by atoms with E-state index in [0.717, 1.165) is 17.7 Å². The Hall–Kier alpha value is -2.36. The van der Waals surface area contributed by atoms with Crippen molar-refractivity contribution in [3.05, 3.63) is 58.4 Å². The number of aromatic nitrogens is 1. The largest absolute Gasteiger partial charge is 0.507 e. The van der Waals surface area contributed by atoms with Crippen molar-refractivity contribution in [1.29, 1.82) is 0 Å². The van der Waals surface area contributed by atoms with Crippen LogP contribution < -0.4 is 5.32 Å². The summed E-state index contributed by atoms with van der Waals surface area (Å²) in [6.07, 6.45) is 2.52. The van der Waals surface area contributed by atoms with Gasteiger partial charge in [0.05, 0.1) is 11.7 Å². The van der Waals surface area contributed by atoms with Gasteiger partial charge in [0.1, 0.15) is 5.75 Å². The van der Waals surface area contributed by atoms with Gasteiger partial charge >= 0.3 is 0 Å². The van der Waals surface area contributed by atoms with Crippen molar-refractivity contribution in [1.82, 2.24) is 10.3 Å². The Morgan fingerprint density at radius 1 is 1.23 bits per heavy atom. The second kappa shape index (κ2) is 6.60. The molecule has 1 amide bonds. The Labute approximate surface area is 131 Å². The van der Waals surface area contributed by atoms with E-state index in [9.17, 15) is 9.90 Å². The molecule has 0 fully saturated rings. The highest BCUT2D eigenvalue weighted by molar-refractivity contribution is 5.95. The van der Waals surface area contributed by atoms with Crippen LogP contribution in [0.15, 0.2) is 30.5 Å². The summed E-state index contributed by atoms with van der Waals surface area (Å²) in [5, 5.41) is 12.8. The molecule has 1 atom stereocenters. The number of nitrogens with zero attached hydrogens (tertiary/aromatic N) is 1. The number of aryl methyl sites for hydroxylation is 3. The smallest absolute Gasteiger partial charge is 0.251 e. The summed E-state index contributed by atoms with van der Waals surface area (Å²) >= 11 is 0. The minimum absolute atomic E-state index is 0.123. The standard InChI is InChI=1S/C18H22N2O2/c1-5-15(16-8-11(2)6-7-19-16)20-18(22)14-9-12(3)17(21)13(4)10-14/h6-10,15,21H,5H2,1-4H3,(H,20,22)/t15-/m0/s1. The number of amides is 1. The van der Waals surface area contributed by atoms with Crippen LogP contribution in [0.5, 0.6) is 5.75 Å². The van der Waals surface area contributed by atoms with Gasteiger partial charge in [-0.1, -0.05) is 6.92 Å². The number of benzene rings is 1. The van der Waals surface area contributed by atoms with E-state index >= 15 is 0 Å². The number of rotatable bonds is 4. The monoisotopic (exact) mass is 298 g/mol. The van der Waals surface area contributed by atoms with E-state index in [1.807, 2.05) is 26.0 Å². The molecule has 0 saturated carbocycles. The molecule has 0 spiro atoms. The van der Waals surface area contributed by atoms with Gasteiger partial charge < -0.3 is 10.4 Å². The summed E-state index contributed by atoms with van der Waals surface area (Å²) in [4.78, 5) is 16.8. The molecule has 0 saturated heterocycles. The van der Waals surface area contributed by atoms with Crippen LogP contribution in [-0.2, 0) is 0 Å². The normalized spacial score (nSPS) is 12.0. The molecule has 116 valence electrons. The van der Waals surface area contributed by atoms with Gasteiger partial charge in [0.25, 0.3) is 5.91 Å². The first-order valence-corrected chi connectivity index (χ1v) is 7.46. The van der Waals surface area contributed by atoms with Crippen molar-refractivity contribution in [2.45, 2.75) is 40.2 Å². The fraction of sp³-hybridized carbons (Fsp3) is 0.333. The first-order chi connectivity index (χ1) is 10.4. The predicted octanol–water partition coefficient (Wildman–Crippen LogP) is 3.59. The number of hydrogen-bond donors (Lipinski definition) is 2. The van der Waals surface area contributed by atoms with Gasteiger partial charge in [-0.15, -0.1) is 0 Å². The van der Waals surface area contributed by atoms with E-state index in [4.69, 9.17) is 0 Å². The quantitative estimate of drug-likeness (QED) is 0.906. The first kappa shape index (κ1) is 16.0. The van der Waals surface area contributed by atoms with Crippen LogP contribution in [0.1, 0.15) is 52.1 Å². The van der Waals surface area contributed by atoms with Crippen molar-refractivity contribution >= 4 is 5.91 Å². The molecular formula is C18H22N2O2. The highest BCUT2D eigenvalue weighted by Gasteiger charge is 2.16. The Morgan fingerprint density at radius 3 is 2.41 bits per heavy atom. The summed E-state index contributed by atoms with van der Waals surface area (Å²) in [5.41, 5.74) is 3.94. The maximum atomic E-state index is 12.5. The molecule has 2 rings (SSSR count). The van der Waals surface area contributed by atoms with E-state index in [1.165, 1.54) is 0 Å². The summed E-state index contributed by atoms with van der Waals surface area (Å²) < 4.78 is 0. The molecule has 0 radical (unpaired) electrons. The van der Waals surface area contributed by atoms with Gasteiger partial charge in [-0.25, -0.2) is 0 Å². The van der Waals surface area contributed by atoms with Crippen molar-refractivity contribution in [3.63, 3.8) is 0 Å². The van der Waals surface area contributed by atoms with E-state index in [1.54, 1.807) is 32.2 Å². The SMILES string of the molecule is CC[C@H](NC(=O)c1cc(C)c(O)c(C)c1)c1cc(C)ccn1. The third-order valence-electron chi connectivity index (χ3n) is 3.76. The average Bonchev–Trinajstić information content (AvgIpc) is 2.49. The van der Waals surface area contributed by atoms with Gasteiger partial charge in [0.15, 0.2) is 0 Å².